The standard InChI is InChI=1S/C34H29OP/c1-26-17-21-28(22-18-26)25-33(29-23-19-27(2)20-24-29)32-15-9-10-16-34(32)36(35,30-11-5-3-6-12-30)31-13-7-4-8-14-31/h3-25H,1-2H3/b33-25+. The molecule has 2 heteroatoms. The third-order valence-corrected chi connectivity index (χ3v) is 9.64. The largest absolute Gasteiger partial charge is 0.309 e. The summed E-state index contributed by atoms with van der Waals surface area (Å²) in [5, 5.41) is 2.52. The lowest BCUT2D eigenvalue weighted by Gasteiger charge is -2.24. The predicted molar refractivity (Wildman–Crippen MR) is 155 cm³/mol. The second-order valence-corrected chi connectivity index (χ2v) is 11.9. The molecule has 0 radical (unpaired) electrons. The molecule has 176 valence electrons. The zero-order chi connectivity index (χ0) is 25.0. The van der Waals surface area contributed by atoms with Crippen LogP contribution in [0.25, 0.3) is 11.6 Å². The molecule has 5 rings (SSSR count). The molecule has 0 heterocycles. The first-order chi connectivity index (χ1) is 17.6. The highest BCUT2D eigenvalue weighted by atomic mass is 31.2. The molecule has 1 nitrogen and oxygen atoms in total. The van der Waals surface area contributed by atoms with Crippen molar-refractivity contribution in [2.24, 2.45) is 0 Å². The number of hydrogen-bond donors (Lipinski definition) is 0. The Kier molecular flexibility index (Phi) is 6.85. The Hall–Kier alpha value is -3.93. The third kappa shape index (κ3) is 4.76. The Labute approximate surface area is 214 Å². The van der Waals surface area contributed by atoms with Crippen LogP contribution in [0, 0.1) is 13.8 Å². The van der Waals surface area contributed by atoms with Crippen molar-refractivity contribution in [2.75, 3.05) is 0 Å². The summed E-state index contributed by atoms with van der Waals surface area (Å²) in [6, 6.07) is 45.0. The van der Waals surface area contributed by atoms with Crippen molar-refractivity contribution in [3.63, 3.8) is 0 Å². The SMILES string of the molecule is Cc1ccc(/C=C(\c2ccc(C)cc2)c2ccccc2P(=O)(c2ccccc2)c2ccccc2)cc1. The molecule has 5 aromatic rings. The van der Waals surface area contributed by atoms with E-state index in [4.69, 9.17) is 0 Å². The van der Waals surface area contributed by atoms with Gasteiger partial charge in [0.2, 0.25) is 0 Å². The van der Waals surface area contributed by atoms with Gasteiger partial charge in [0.05, 0.1) is 0 Å². The maximum absolute atomic E-state index is 15.3. The number of hydrogen-bond acceptors (Lipinski definition) is 1. The molecule has 0 fully saturated rings. The maximum atomic E-state index is 15.3. The molecule has 0 saturated carbocycles. The van der Waals surface area contributed by atoms with Gasteiger partial charge in [0, 0.05) is 15.9 Å². The van der Waals surface area contributed by atoms with Gasteiger partial charge in [0.15, 0.2) is 7.14 Å². The molecule has 0 atom stereocenters. The molecule has 0 unspecified atom stereocenters. The fourth-order valence-corrected chi connectivity index (χ4v) is 7.43. The van der Waals surface area contributed by atoms with Gasteiger partial charge in [-0.2, -0.15) is 0 Å². The Morgan fingerprint density at radius 3 is 1.58 bits per heavy atom. The zero-order valence-electron chi connectivity index (χ0n) is 20.6. The highest BCUT2D eigenvalue weighted by Crippen LogP contribution is 2.45. The van der Waals surface area contributed by atoms with Crippen LogP contribution in [0.3, 0.4) is 0 Å². The average molecular weight is 485 g/mol. The minimum Gasteiger partial charge on any atom is -0.309 e. The van der Waals surface area contributed by atoms with Crippen LogP contribution >= 0.6 is 7.14 Å². The predicted octanol–water partition coefficient (Wildman–Crippen LogP) is 7.53. The first-order valence-corrected chi connectivity index (χ1v) is 13.9. The Bertz CT molecular complexity index is 1490. The van der Waals surface area contributed by atoms with Crippen molar-refractivity contribution in [3.8, 4) is 0 Å². The topological polar surface area (TPSA) is 17.1 Å². The smallest absolute Gasteiger partial charge is 0.171 e. The zero-order valence-corrected chi connectivity index (χ0v) is 21.5. The van der Waals surface area contributed by atoms with Crippen LogP contribution in [0.1, 0.15) is 27.8 Å². The van der Waals surface area contributed by atoms with Crippen molar-refractivity contribution in [3.05, 3.63) is 161 Å². The van der Waals surface area contributed by atoms with Gasteiger partial charge in [-0.05, 0) is 42.2 Å². The van der Waals surface area contributed by atoms with Crippen molar-refractivity contribution in [1.29, 1.82) is 0 Å². The minimum atomic E-state index is -3.15. The summed E-state index contributed by atoms with van der Waals surface area (Å²) in [7, 11) is -3.15. The quantitative estimate of drug-likeness (QED) is 0.180. The summed E-state index contributed by atoms with van der Waals surface area (Å²) in [5.74, 6) is 0. The summed E-state index contributed by atoms with van der Waals surface area (Å²) < 4.78 is 15.3. The summed E-state index contributed by atoms with van der Waals surface area (Å²) in [5.41, 5.74) is 6.68. The van der Waals surface area contributed by atoms with Gasteiger partial charge in [-0.3, -0.25) is 0 Å². The molecule has 0 aliphatic carbocycles. The van der Waals surface area contributed by atoms with Crippen LogP contribution in [0.4, 0.5) is 0 Å². The molecular formula is C34H29OP. The second-order valence-electron chi connectivity index (χ2n) is 9.13. The monoisotopic (exact) mass is 484 g/mol. The molecule has 0 aliphatic rings. The lowest BCUT2D eigenvalue weighted by Crippen LogP contribution is -2.27. The van der Waals surface area contributed by atoms with Gasteiger partial charge >= 0.3 is 0 Å². The van der Waals surface area contributed by atoms with Crippen molar-refractivity contribution in [1.82, 2.24) is 0 Å². The van der Waals surface area contributed by atoms with Gasteiger partial charge in [-0.15, -0.1) is 0 Å². The Balaban J connectivity index is 1.80. The number of aryl methyl sites for hydroxylation is 2. The molecule has 0 N–H and O–H groups in total. The summed E-state index contributed by atoms with van der Waals surface area (Å²) in [6.45, 7) is 4.19. The highest BCUT2D eigenvalue weighted by molar-refractivity contribution is 7.85. The molecule has 0 saturated heterocycles. The van der Waals surface area contributed by atoms with Crippen LogP contribution in [-0.4, -0.2) is 0 Å². The molecular weight excluding hydrogens is 455 g/mol. The van der Waals surface area contributed by atoms with Crippen LogP contribution in [0.2, 0.25) is 0 Å². The van der Waals surface area contributed by atoms with E-state index in [0.717, 1.165) is 38.2 Å². The fraction of sp³-hybridized carbons (Fsp3) is 0.0588. The number of rotatable bonds is 6. The van der Waals surface area contributed by atoms with Crippen LogP contribution in [-0.2, 0) is 4.57 Å². The van der Waals surface area contributed by atoms with E-state index in [1.807, 2.05) is 78.9 Å². The Morgan fingerprint density at radius 1 is 0.556 bits per heavy atom. The van der Waals surface area contributed by atoms with Crippen molar-refractivity contribution in [2.45, 2.75) is 13.8 Å². The Morgan fingerprint density at radius 2 is 1.03 bits per heavy atom. The minimum absolute atomic E-state index is 0.835. The lowest BCUT2D eigenvalue weighted by molar-refractivity contribution is 0.592. The van der Waals surface area contributed by atoms with E-state index in [1.165, 1.54) is 11.1 Å². The van der Waals surface area contributed by atoms with Gasteiger partial charge in [0.1, 0.15) is 0 Å². The fourth-order valence-electron chi connectivity index (χ4n) is 4.56. The summed E-state index contributed by atoms with van der Waals surface area (Å²) in [6.07, 6.45) is 2.21. The second kappa shape index (κ2) is 10.4. The van der Waals surface area contributed by atoms with E-state index < -0.39 is 7.14 Å². The van der Waals surface area contributed by atoms with E-state index in [-0.39, 0.29) is 0 Å². The van der Waals surface area contributed by atoms with E-state index >= 15 is 4.57 Å². The third-order valence-electron chi connectivity index (χ3n) is 6.52. The van der Waals surface area contributed by atoms with Gasteiger partial charge in [-0.25, -0.2) is 0 Å². The van der Waals surface area contributed by atoms with Crippen LogP contribution < -0.4 is 15.9 Å². The normalized spacial score (nSPS) is 11.9. The molecule has 36 heavy (non-hydrogen) atoms. The van der Waals surface area contributed by atoms with Gasteiger partial charge < -0.3 is 4.57 Å². The van der Waals surface area contributed by atoms with Crippen molar-refractivity contribution < 1.29 is 4.57 Å². The van der Waals surface area contributed by atoms with E-state index in [2.05, 4.69) is 74.5 Å². The average Bonchev–Trinajstić information content (AvgIpc) is 2.94. The van der Waals surface area contributed by atoms with Crippen LogP contribution in [0.5, 0.6) is 0 Å². The van der Waals surface area contributed by atoms with E-state index in [1.54, 1.807) is 0 Å². The number of benzene rings is 5. The van der Waals surface area contributed by atoms with E-state index in [9.17, 15) is 0 Å². The lowest BCUT2D eigenvalue weighted by atomic mass is 9.95. The molecule has 0 aliphatic heterocycles. The first-order valence-electron chi connectivity index (χ1n) is 12.2. The van der Waals surface area contributed by atoms with Gasteiger partial charge in [-0.1, -0.05) is 145 Å². The summed E-state index contributed by atoms with van der Waals surface area (Å²) in [4.78, 5) is 0. The molecule has 0 aromatic heterocycles. The molecule has 0 amide bonds. The van der Waals surface area contributed by atoms with Crippen molar-refractivity contribution >= 4 is 34.7 Å². The molecule has 5 aromatic carbocycles. The van der Waals surface area contributed by atoms with Gasteiger partial charge in [0.25, 0.3) is 0 Å². The maximum Gasteiger partial charge on any atom is 0.171 e. The van der Waals surface area contributed by atoms with E-state index in [0.29, 0.717) is 0 Å². The first kappa shape index (κ1) is 23.8. The molecule has 0 spiro atoms. The summed E-state index contributed by atoms with van der Waals surface area (Å²) >= 11 is 0. The van der Waals surface area contributed by atoms with Crippen LogP contribution in [0.15, 0.2) is 133 Å². The molecule has 0 bridgehead atoms. The highest BCUT2D eigenvalue weighted by Gasteiger charge is 2.32.